The monoisotopic (exact) mass is 366 g/mol. The molecule has 3 aromatic rings. The van der Waals surface area contributed by atoms with Crippen molar-refractivity contribution < 1.29 is 4.74 Å². The molecule has 1 atom stereocenters. The van der Waals surface area contributed by atoms with Gasteiger partial charge < -0.3 is 15.0 Å². The average Bonchev–Trinajstić information content (AvgIpc) is 3.07. The highest BCUT2D eigenvalue weighted by Gasteiger charge is 2.23. The highest BCUT2D eigenvalue weighted by atomic mass is 16.5. The lowest BCUT2D eigenvalue weighted by Gasteiger charge is -2.25. The van der Waals surface area contributed by atoms with E-state index < -0.39 is 0 Å². The molecule has 9 heteroatoms. The van der Waals surface area contributed by atoms with Crippen LogP contribution in [-0.2, 0) is 13.1 Å². The van der Waals surface area contributed by atoms with E-state index in [0.29, 0.717) is 17.7 Å². The normalized spacial score (nSPS) is 16.5. The minimum absolute atomic E-state index is 0.406. The minimum atomic E-state index is 0.406. The molecule has 3 aromatic heterocycles. The number of methoxy groups -OCH3 is 1. The fraction of sp³-hybridized carbons (Fsp3) is 0.389. The van der Waals surface area contributed by atoms with E-state index in [1.807, 2.05) is 18.3 Å². The summed E-state index contributed by atoms with van der Waals surface area (Å²) in [5.74, 6) is 2.49. The number of ether oxygens (including phenoxy) is 1. The maximum atomic E-state index is 5.25. The van der Waals surface area contributed by atoms with Gasteiger partial charge in [0.05, 0.1) is 19.3 Å². The number of anilines is 2. The molecule has 1 aliphatic heterocycles. The Morgan fingerprint density at radius 2 is 2.04 bits per heavy atom. The van der Waals surface area contributed by atoms with E-state index in [2.05, 4.69) is 46.0 Å². The molecule has 1 aliphatic rings. The van der Waals surface area contributed by atoms with Crippen molar-refractivity contribution in [3.05, 3.63) is 48.8 Å². The van der Waals surface area contributed by atoms with Gasteiger partial charge in [-0.2, -0.15) is 5.10 Å². The van der Waals surface area contributed by atoms with Crippen LogP contribution in [0.1, 0.15) is 12.1 Å². The summed E-state index contributed by atoms with van der Waals surface area (Å²) in [7, 11) is 1.61. The standard InChI is InChI=1S/C18H22N8O/c1-27-17-9-16(22-13-23-17)25-10-14(11-26-15(12-25)4-8-24-26)3-7-21-18-19-5-2-6-20-18/h2,4-6,8-9,13-14H,3,7,10-12H2,1H3,(H,19,20,21). The lowest BCUT2D eigenvalue weighted by atomic mass is 10.1. The number of fused-ring (bicyclic) bond motifs is 1. The van der Waals surface area contributed by atoms with Gasteiger partial charge in [-0.05, 0) is 24.5 Å². The van der Waals surface area contributed by atoms with Crippen LogP contribution in [0.5, 0.6) is 5.88 Å². The number of hydrogen-bond donors (Lipinski definition) is 1. The molecule has 4 rings (SSSR count). The summed E-state index contributed by atoms with van der Waals surface area (Å²) in [6.07, 6.45) is 7.84. The molecule has 9 nitrogen and oxygen atoms in total. The van der Waals surface area contributed by atoms with Gasteiger partial charge in [0, 0.05) is 44.3 Å². The molecule has 0 aromatic carbocycles. The Bertz CT molecular complexity index is 869. The summed E-state index contributed by atoms with van der Waals surface area (Å²) < 4.78 is 7.34. The smallest absolute Gasteiger partial charge is 0.222 e. The van der Waals surface area contributed by atoms with Crippen LogP contribution in [-0.4, -0.2) is 49.9 Å². The molecule has 1 unspecified atom stereocenters. The van der Waals surface area contributed by atoms with Crippen molar-refractivity contribution in [1.29, 1.82) is 0 Å². The number of nitrogens with one attached hydrogen (secondary N) is 1. The molecular formula is C18H22N8O. The molecule has 4 heterocycles. The summed E-state index contributed by atoms with van der Waals surface area (Å²) in [4.78, 5) is 19.2. The van der Waals surface area contributed by atoms with E-state index in [-0.39, 0.29) is 0 Å². The van der Waals surface area contributed by atoms with E-state index in [1.54, 1.807) is 25.8 Å². The van der Waals surface area contributed by atoms with Crippen LogP contribution < -0.4 is 15.0 Å². The van der Waals surface area contributed by atoms with Crippen molar-refractivity contribution in [1.82, 2.24) is 29.7 Å². The highest BCUT2D eigenvalue weighted by molar-refractivity contribution is 5.41. The second-order valence-electron chi connectivity index (χ2n) is 6.46. The Kier molecular flexibility index (Phi) is 5.08. The third-order valence-electron chi connectivity index (χ3n) is 4.63. The minimum Gasteiger partial charge on any atom is -0.481 e. The van der Waals surface area contributed by atoms with Crippen molar-refractivity contribution >= 4 is 11.8 Å². The zero-order valence-electron chi connectivity index (χ0n) is 15.2. The maximum Gasteiger partial charge on any atom is 0.222 e. The molecule has 27 heavy (non-hydrogen) atoms. The first-order valence-corrected chi connectivity index (χ1v) is 8.94. The van der Waals surface area contributed by atoms with E-state index in [4.69, 9.17) is 4.74 Å². The van der Waals surface area contributed by atoms with E-state index in [0.717, 1.165) is 38.4 Å². The zero-order valence-corrected chi connectivity index (χ0v) is 15.2. The molecule has 1 N–H and O–H groups in total. The van der Waals surface area contributed by atoms with Gasteiger partial charge in [0.15, 0.2) is 0 Å². The Labute approximate surface area is 157 Å². The first-order chi connectivity index (χ1) is 13.3. The quantitative estimate of drug-likeness (QED) is 0.703. The van der Waals surface area contributed by atoms with E-state index in [1.165, 1.54) is 5.69 Å². The van der Waals surface area contributed by atoms with Crippen molar-refractivity contribution in [3.8, 4) is 5.88 Å². The number of aromatic nitrogens is 6. The lowest BCUT2D eigenvalue weighted by molar-refractivity contribution is 0.395. The van der Waals surface area contributed by atoms with Crippen molar-refractivity contribution in [2.75, 3.05) is 30.4 Å². The third-order valence-corrected chi connectivity index (χ3v) is 4.63. The molecule has 0 radical (unpaired) electrons. The van der Waals surface area contributed by atoms with Gasteiger partial charge in [0.25, 0.3) is 0 Å². The van der Waals surface area contributed by atoms with Crippen LogP contribution in [0.3, 0.4) is 0 Å². The second-order valence-corrected chi connectivity index (χ2v) is 6.46. The molecule has 0 spiro atoms. The first-order valence-electron chi connectivity index (χ1n) is 8.94. The van der Waals surface area contributed by atoms with Gasteiger partial charge in [-0.15, -0.1) is 0 Å². The number of hydrogen-bond acceptors (Lipinski definition) is 8. The summed E-state index contributed by atoms with van der Waals surface area (Å²) in [5.41, 5.74) is 1.18. The van der Waals surface area contributed by atoms with E-state index in [9.17, 15) is 0 Å². The molecule has 0 saturated carbocycles. The summed E-state index contributed by atoms with van der Waals surface area (Å²) in [6.45, 7) is 3.30. The van der Waals surface area contributed by atoms with Crippen molar-refractivity contribution in [2.45, 2.75) is 19.5 Å². The third kappa shape index (κ3) is 4.13. The molecular weight excluding hydrogens is 344 g/mol. The van der Waals surface area contributed by atoms with Crippen LogP contribution in [0.15, 0.2) is 43.1 Å². The Hall–Kier alpha value is -3.23. The van der Waals surface area contributed by atoms with Crippen molar-refractivity contribution in [3.63, 3.8) is 0 Å². The van der Waals surface area contributed by atoms with Crippen LogP contribution in [0.4, 0.5) is 11.8 Å². The second kappa shape index (κ2) is 7.98. The van der Waals surface area contributed by atoms with Gasteiger partial charge in [-0.1, -0.05) is 0 Å². The van der Waals surface area contributed by atoms with Gasteiger partial charge >= 0.3 is 0 Å². The van der Waals surface area contributed by atoms with Crippen LogP contribution in [0.2, 0.25) is 0 Å². The van der Waals surface area contributed by atoms with E-state index >= 15 is 0 Å². The zero-order chi connectivity index (χ0) is 18.5. The van der Waals surface area contributed by atoms with Crippen LogP contribution in [0, 0.1) is 5.92 Å². The molecule has 0 bridgehead atoms. The SMILES string of the molecule is COc1cc(N2Cc3ccnn3CC(CCNc3ncccn3)C2)ncn1. The van der Waals surface area contributed by atoms with Gasteiger partial charge in [0.2, 0.25) is 11.8 Å². The largest absolute Gasteiger partial charge is 0.481 e. The predicted octanol–water partition coefficient (Wildman–Crippen LogP) is 1.61. The van der Waals surface area contributed by atoms with Crippen molar-refractivity contribution in [2.24, 2.45) is 5.92 Å². The Morgan fingerprint density at radius 1 is 1.15 bits per heavy atom. The molecule has 0 saturated heterocycles. The summed E-state index contributed by atoms with van der Waals surface area (Å²) in [5, 5.41) is 7.77. The number of nitrogens with zero attached hydrogens (tertiary/aromatic N) is 7. The van der Waals surface area contributed by atoms with Gasteiger partial charge in [-0.25, -0.2) is 19.9 Å². The van der Waals surface area contributed by atoms with Crippen LogP contribution >= 0.6 is 0 Å². The van der Waals surface area contributed by atoms with Gasteiger partial charge in [-0.3, -0.25) is 4.68 Å². The molecule has 140 valence electrons. The highest BCUT2D eigenvalue weighted by Crippen LogP contribution is 2.24. The van der Waals surface area contributed by atoms with Gasteiger partial charge in [0.1, 0.15) is 12.1 Å². The Morgan fingerprint density at radius 3 is 2.89 bits per heavy atom. The lowest BCUT2D eigenvalue weighted by Crippen LogP contribution is -2.29. The topological polar surface area (TPSA) is 93.9 Å². The molecule has 0 fully saturated rings. The fourth-order valence-electron chi connectivity index (χ4n) is 3.28. The average molecular weight is 366 g/mol. The Balaban J connectivity index is 1.48. The van der Waals surface area contributed by atoms with Crippen LogP contribution in [0.25, 0.3) is 0 Å². The fourth-order valence-corrected chi connectivity index (χ4v) is 3.28. The summed E-state index contributed by atoms with van der Waals surface area (Å²) in [6, 6.07) is 5.74. The summed E-state index contributed by atoms with van der Waals surface area (Å²) >= 11 is 0. The molecule has 0 amide bonds. The molecule has 0 aliphatic carbocycles. The predicted molar refractivity (Wildman–Crippen MR) is 100 cm³/mol. The number of rotatable bonds is 6. The maximum absolute atomic E-state index is 5.25. The first kappa shape index (κ1) is 17.2.